The van der Waals surface area contributed by atoms with Gasteiger partial charge in [0.05, 0.1) is 6.42 Å². The van der Waals surface area contributed by atoms with E-state index in [4.69, 9.17) is 0 Å². The van der Waals surface area contributed by atoms with Gasteiger partial charge in [0.2, 0.25) is 5.91 Å². The zero-order valence-electron chi connectivity index (χ0n) is 13.9. The molecule has 1 aliphatic carbocycles. The Hall–Kier alpha value is -1.31. The maximum atomic E-state index is 12.2. The van der Waals surface area contributed by atoms with Crippen LogP contribution in [-0.4, -0.2) is 12.5 Å². The van der Waals surface area contributed by atoms with E-state index in [9.17, 15) is 4.79 Å². The monoisotopic (exact) mass is 287 g/mol. The van der Waals surface area contributed by atoms with Crippen LogP contribution >= 0.6 is 0 Å². The average Bonchev–Trinajstić information content (AvgIpc) is 2.85. The zero-order valence-corrected chi connectivity index (χ0v) is 13.9. The van der Waals surface area contributed by atoms with Crippen LogP contribution in [0.1, 0.15) is 50.8 Å². The van der Waals surface area contributed by atoms with Crippen molar-refractivity contribution in [2.45, 2.75) is 53.4 Å². The van der Waals surface area contributed by atoms with Crippen LogP contribution in [0.2, 0.25) is 0 Å². The minimum atomic E-state index is 0.152. The van der Waals surface area contributed by atoms with Gasteiger partial charge >= 0.3 is 0 Å². The number of carbonyl (C=O) groups is 1. The van der Waals surface area contributed by atoms with Gasteiger partial charge in [-0.1, -0.05) is 45.9 Å². The summed E-state index contributed by atoms with van der Waals surface area (Å²) >= 11 is 0. The van der Waals surface area contributed by atoms with Crippen LogP contribution in [-0.2, 0) is 24.1 Å². The van der Waals surface area contributed by atoms with Gasteiger partial charge in [-0.05, 0) is 53.7 Å². The van der Waals surface area contributed by atoms with E-state index in [2.05, 4.69) is 51.2 Å². The summed E-state index contributed by atoms with van der Waals surface area (Å²) in [6, 6.07) is 6.55. The molecule has 0 unspecified atom stereocenters. The molecule has 0 saturated carbocycles. The van der Waals surface area contributed by atoms with Crippen molar-refractivity contribution in [1.29, 1.82) is 0 Å². The van der Waals surface area contributed by atoms with Crippen LogP contribution in [0.3, 0.4) is 0 Å². The molecule has 0 spiro atoms. The molecule has 0 aromatic heterocycles. The van der Waals surface area contributed by atoms with Gasteiger partial charge in [0, 0.05) is 6.54 Å². The number of nitrogens with one attached hydrogen (secondary N) is 1. The molecule has 0 heterocycles. The van der Waals surface area contributed by atoms with E-state index in [1.54, 1.807) is 0 Å². The van der Waals surface area contributed by atoms with Gasteiger partial charge in [-0.25, -0.2) is 0 Å². The Morgan fingerprint density at radius 1 is 1.10 bits per heavy atom. The first-order chi connectivity index (χ1) is 9.97. The molecule has 0 aliphatic heterocycles. The average molecular weight is 287 g/mol. The first kappa shape index (κ1) is 16.1. The van der Waals surface area contributed by atoms with Crippen LogP contribution in [0.25, 0.3) is 0 Å². The number of hydrogen-bond donors (Lipinski definition) is 1. The van der Waals surface area contributed by atoms with Crippen molar-refractivity contribution in [2.24, 2.45) is 17.8 Å². The molecule has 1 aromatic rings. The van der Waals surface area contributed by atoms with Crippen LogP contribution in [0.15, 0.2) is 18.2 Å². The molecule has 2 nitrogen and oxygen atoms in total. The first-order valence-corrected chi connectivity index (χ1v) is 8.34. The highest BCUT2D eigenvalue weighted by Crippen LogP contribution is 2.23. The summed E-state index contributed by atoms with van der Waals surface area (Å²) in [4.78, 5) is 12.2. The third kappa shape index (κ3) is 4.33. The molecular formula is C19H29NO. The fraction of sp³-hybridized carbons (Fsp3) is 0.632. The molecule has 0 fully saturated rings. The minimum Gasteiger partial charge on any atom is -0.356 e. The summed E-state index contributed by atoms with van der Waals surface area (Å²) in [5, 5.41) is 3.12. The lowest BCUT2D eigenvalue weighted by Gasteiger charge is -2.25. The number of rotatable bonds is 6. The van der Waals surface area contributed by atoms with E-state index in [0.717, 1.165) is 12.1 Å². The molecule has 1 aliphatic rings. The Morgan fingerprint density at radius 2 is 1.76 bits per heavy atom. The molecule has 0 bridgehead atoms. The lowest BCUT2D eigenvalue weighted by Crippen LogP contribution is -2.34. The molecule has 2 heteroatoms. The predicted octanol–water partition coefficient (Wildman–Crippen LogP) is 3.76. The summed E-state index contributed by atoms with van der Waals surface area (Å²) in [6.45, 7) is 9.72. The van der Waals surface area contributed by atoms with E-state index < -0.39 is 0 Å². The molecule has 1 amide bonds. The Labute approximate surface area is 129 Å². The molecule has 1 aromatic carbocycles. The summed E-state index contributed by atoms with van der Waals surface area (Å²) < 4.78 is 0. The second-order valence-corrected chi connectivity index (χ2v) is 7.09. The number of aryl methyl sites for hydroxylation is 2. The van der Waals surface area contributed by atoms with Crippen molar-refractivity contribution >= 4 is 5.91 Å². The maximum Gasteiger partial charge on any atom is 0.224 e. The number of benzene rings is 1. The Balaban J connectivity index is 1.87. The fourth-order valence-electron chi connectivity index (χ4n) is 3.46. The SMILES string of the molecule is CC(C)C(CNC(=O)Cc1ccc2c(c1)CCC2)C(C)C. The van der Waals surface area contributed by atoms with Crippen LogP contribution < -0.4 is 5.32 Å². The third-order valence-corrected chi connectivity index (χ3v) is 4.78. The highest BCUT2D eigenvalue weighted by molar-refractivity contribution is 5.78. The molecule has 0 atom stereocenters. The predicted molar refractivity (Wildman–Crippen MR) is 88.3 cm³/mol. The second-order valence-electron chi connectivity index (χ2n) is 7.09. The molecule has 1 N–H and O–H groups in total. The Kier molecular flexibility index (Phi) is 5.44. The quantitative estimate of drug-likeness (QED) is 0.848. The molecular weight excluding hydrogens is 258 g/mol. The van der Waals surface area contributed by atoms with Gasteiger partial charge in [-0.2, -0.15) is 0 Å². The summed E-state index contributed by atoms with van der Waals surface area (Å²) in [6.07, 6.45) is 4.14. The van der Waals surface area contributed by atoms with Crippen molar-refractivity contribution in [3.05, 3.63) is 34.9 Å². The van der Waals surface area contributed by atoms with Crippen LogP contribution in [0, 0.1) is 17.8 Å². The molecule has 0 saturated heterocycles. The Morgan fingerprint density at radius 3 is 2.43 bits per heavy atom. The summed E-state index contributed by atoms with van der Waals surface area (Å²) in [5.41, 5.74) is 4.07. The van der Waals surface area contributed by atoms with Gasteiger partial charge in [0.25, 0.3) is 0 Å². The lowest BCUT2D eigenvalue weighted by atomic mass is 9.85. The number of hydrogen-bond acceptors (Lipinski definition) is 1. The van der Waals surface area contributed by atoms with E-state index in [1.807, 2.05) is 0 Å². The first-order valence-electron chi connectivity index (χ1n) is 8.34. The molecule has 0 radical (unpaired) electrons. The highest BCUT2D eigenvalue weighted by Gasteiger charge is 2.18. The number of carbonyl (C=O) groups excluding carboxylic acids is 1. The molecule has 2 rings (SSSR count). The third-order valence-electron chi connectivity index (χ3n) is 4.78. The van der Waals surface area contributed by atoms with Gasteiger partial charge in [-0.15, -0.1) is 0 Å². The van der Waals surface area contributed by atoms with E-state index in [1.165, 1.54) is 30.4 Å². The Bertz CT molecular complexity index is 482. The number of fused-ring (bicyclic) bond motifs is 1. The van der Waals surface area contributed by atoms with Gasteiger partial charge in [-0.3, -0.25) is 4.79 Å². The van der Waals surface area contributed by atoms with Crippen molar-refractivity contribution in [1.82, 2.24) is 5.32 Å². The summed E-state index contributed by atoms with van der Waals surface area (Å²) in [7, 11) is 0. The normalized spacial score (nSPS) is 14.0. The van der Waals surface area contributed by atoms with Gasteiger partial charge < -0.3 is 5.32 Å². The van der Waals surface area contributed by atoms with Gasteiger partial charge in [0.1, 0.15) is 0 Å². The maximum absolute atomic E-state index is 12.2. The van der Waals surface area contributed by atoms with E-state index in [-0.39, 0.29) is 5.91 Å². The van der Waals surface area contributed by atoms with Crippen LogP contribution in [0.4, 0.5) is 0 Å². The van der Waals surface area contributed by atoms with E-state index in [0.29, 0.717) is 24.2 Å². The molecule has 116 valence electrons. The smallest absolute Gasteiger partial charge is 0.224 e. The zero-order chi connectivity index (χ0) is 15.4. The van der Waals surface area contributed by atoms with Crippen molar-refractivity contribution in [3.8, 4) is 0 Å². The fourth-order valence-corrected chi connectivity index (χ4v) is 3.46. The van der Waals surface area contributed by atoms with Crippen LogP contribution in [0.5, 0.6) is 0 Å². The second kappa shape index (κ2) is 7.11. The molecule has 21 heavy (non-hydrogen) atoms. The topological polar surface area (TPSA) is 29.1 Å². The number of amides is 1. The summed E-state index contributed by atoms with van der Waals surface area (Å²) in [5.74, 6) is 1.91. The standard InChI is InChI=1S/C19H29NO/c1-13(2)18(14(3)4)12-20-19(21)11-15-8-9-16-6-5-7-17(16)10-15/h8-10,13-14,18H,5-7,11-12H2,1-4H3,(H,20,21). The van der Waals surface area contributed by atoms with Crippen molar-refractivity contribution in [3.63, 3.8) is 0 Å². The highest BCUT2D eigenvalue weighted by atomic mass is 16.1. The van der Waals surface area contributed by atoms with Crippen molar-refractivity contribution in [2.75, 3.05) is 6.54 Å². The minimum absolute atomic E-state index is 0.152. The van der Waals surface area contributed by atoms with Gasteiger partial charge in [0.15, 0.2) is 0 Å². The largest absolute Gasteiger partial charge is 0.356 e. The lowest BCUT2D eigenvalue weighted by molar-refractivity contribution is -0.120. The van der Waals surface area contributed by atoms with Crippen molar-refractivity contribution < 1.29 is 4.79 Å². The van der Waals surface area contributed by atoms with E-state index >= 15 is 0 Å².